The number of hydrogen-bond acceptors (Lipinski definition) is 3. The normalized spacial score (nSPS) is 14.1. The Bertz CT molecular complexity index is 73.3. The molecule has 1 unspecified atom stereocenters. The highest BCUT2D eigenvalue weighted by Gasteiger charge is 2.04. The van der Waals surface area contributed by atoms with E-state index in [0.717, 1.165) is 13.2 Å². The van der Waals surface area contributed by atoms with E-state index >= 15 is 0 Å². The summed E-state index contributed by atoms with van der Waals surface area (Å²) in [5.74, 6) is 0.560. The third kappa shape index (κ3) is 4.73. The largest absolute Gasteiger partial charge is 0.326 e. The first-order valence-corrected chi connectivity index (χ1v) is 3.79. The molecule has 10 heavy (non-hydrogen) atoms. The molecular formula is C7H19N3. The lowest BCUT2D eigenvalue weighted by atomic mass is 10.1. The molecule has 0 saturated carbocycles. The molecule has 0 aliphatic rings. The zero-order valence-corrected chi connectivity index (χ0v) is 7.15. The summed E-state index contributed by atoms with van der Waals surface area (Å²) in [6.07, 6.45) is 0. The van der Waals surface area contributed by atoms with E-state index in [4.69, 9.17) is 5.73 Å². The third-order valence-corrected chi connectivity index (χ3v) is 1.54. The molecule has 3 heteroatoms. The fourth-order valence-corrected chi connectivity index (χ4v) is 0.600. The van der Waals surface area contributed by atoms with Gasteiger partial charge in [0.25, 0.3) is 0 Å². The molecule has 1 atom stereocenters. The average Bonchev–Trinajstić information content (AvgIpc) is 1.88. The van der Waals surface area contributed by atoms with Gasteiger partial charge < -0.3 is 16.4 Å². The van der Waals surface area contributed by atoms with Crippen LogP contribution in [0.25, 0.3) is 0 Å². The Morgan fingerprint density at radius 3 is 2.40 bits per heavy atom. The predicted molar refractivity (Wildman–Crippen MR) is 44.7 cm³/mol. The smallest absolute Gasteiger partial charge is 0.0452 e. The monoisotopic (exact) mass is 145 g/mol. The van der Waals surface area contributed by atoms with Crippen molar-refractivity contribution >= 4 is 0 Å². The summed E-state index contributed by atoms with van der Waals surface area (Å²) in [7, 11) is 1.91. The fraction of sp³-hybridized carbons (Fsp3) is 1.00. The Labute approximate surface area is 63.4 Å². The second-order valence-corrected chi connectivity index (χ2v) is 2.89. The maximum atomic E-state index is 5.77. The molecular weight excluding hydrogens is 126 g/mol. The van der Waals surface area contributed by atoms with E-state index in [1.807, 2.05) is 7.05 Å². The molecule has 0 fully saturated rings. The second-order valence-electron chi connectivity index (χ2n) is 2.89. The number of rotatable bonds is 5. The second kappa shape index (κ2) is 5.65. The minimum Gasteiger partial charge on any atom is -0.326 e. The maximum Gasteiger partial charge on any atom is 0.0452 e. The Morgan fingerprint density at radius 1 is 1.40 bits per heavy atom. The van der Waals surface area contributed by atoms with Crippen molar-refractivity contribution in [3.8, 4) is 0 Å². The molecule has 0 amide bonds. The lowest BCUT2D eigenvalue weighted by molar-refractivity contribution is 0.453. The van der Waals surface area contributed by atoms with Crippen molar-refractivity contribution in [2.75, 3.05) is 20.3 Å². The van der Waals surface area contributed by atoms with Gasteiger partial charge in [-0.3, -0.25) is 0 Å². The van der Waals surface area contributed by atoms with Crippen LogP contribution in [0, 0.1) is 5.92 Å². The van der Waals surface area contributed by atoms with Crippen LogP contribution in [0.3, 0.4) is 0 Å². The van der Waals surface area contributed by atoms with Crippen molar-refractivity contribution in [2.45, 2.75) is 19.9 Å². The molecule has 0 aromatic carbocycles. The summed E-state index contributed by atoms with van der Waals surface area (Å²) < 4.78 is 0. The quantitative estimate of drug-likeness (QED) is 0.369. The summed E-state index contributed by atoms with van der Waals surface area (Å²) in [6, 6.07) is 0.272. The lowest BCUT2D eigenvalue weighted by Crippen LogP contribution is -2.40. The van der Waals surface area contributed by atoms with Gasteiger partial charge in [-0.1, -0.05) is 13.8 Å². The van der Waals surface area contributed by atoms with Crippen LogP contribution in [-0.4, -0.2) is 26.3 Å². The zero-order chi connectivity index (χ0) is 7.98. The van der Waals surface area contributed by atoms with E-state index in [9.17, 15) is 0 Å². The summed E-state index contributed by atoms with van der Waals surface area (Å²) >= 11 is 0. The van der Waals surface area contributed by atoms with Crippen molar-refractivity contribution in [2.24, 2.45) is 11.7 Å². The van der Waals surface area contributed by atoms with E-state index < -0.39 is 0 Å². The number of hydrogen-bond donors (Lipinski definition) is 3. The molecule has 3 nitrogen and oxygen atoms in total. The number of nitrogens with one attached hydrogen (secondary N) is 2. The summed E-state index contributed by atoms with van der Waals surface area (Å²) in [5.41, 5.74) is 5.77. The molecule has 0 rings (SSSR count). The molecule has 0 spiro atoms. The van der Waals surface area contributed by atoms with Gasteiger partial charge in [-0.2, -0.15) is 0 Å². The molecule has 0 aromatic rings. The van der Waals surface area contributed by atoms with Crippen molar-refractivity contribution < 1.29 is 0 Å². The maximum absolute atomic E-state index is 5.77. The van der Waals surface area contributed by atoms with Crippen LogP contribution in [0.5, 0.6) is 0 Å². The van der Waals surface area contributed by atoms with Gasteiger partial charge in [0, 0.05) is 19.3 Å². The SMILES string of the molecule is CNCNCC(N)C(C)C. The Morgan fingerprint density at radius 2 is 2.00 bits per heavy atom. The van der Waals surface area contributed by atoms with Crippen LogP contribution >= 0.6 is 0 Å². The van der Waals surface area contributed by atoms with E-state index in [2.05, 4.69) is 24.5 Å². The van der Waals surface area contributed by atoms with E-state index in [1.165, 1.54) is 0 Å². The molecule has 0 aromatic heterocycles. The molecule has 0 aliphatic heterocycles. The van der Waals surface area contributed by atoms with Crippen LogP contribution < -0.4 is 16.4 Å². The van der Waals surface area contributed by atoms with Crippen LogP contribution in [0.1, 0.15) is 13.8 Å². The van der Waals surface area contributed by atoms with Crippen molar-refractivity contribution in [1.82, 2.24) is 10.6 Å². The Hall–Kier alpha value is -0.120. The van der Waals surface area contributed by atoms with E-state index in [0.29, 0.717) is 5.92 Å². The highest BCUT2D eigenvalue weighted by Crippen LogP contribution is 1.95. The van der Waals surface area contributed by atoms with E-state index in [1.54, 1.807) is 0 Å². The standard InChI is InChI=1S/C7H19N3/c1-6(2)7(8)4-10-5-9-3/h6-7,9-10H,4-5,8H2,1-3H3. The topological polar surface area (TPSA) is 50.1 Å². The fourth-order valence-electron chi connectivity index (χ4n) is 0.600. The van der Waals surface area contributed by atoms with Crippen molar-refractivity contribution in [3.05, 3.63) is 0 Å². The lowest BCUT2D eigenvalue weighted by Gasteiger charge is -2.15. The summed E-state index contributed by atoms with van der Waals surface area (Å²) in [4.78, 5) is 0. The first-order chi connectivity index (χ1) is 4.68. The molecule has 62 valence electrons. The number of nitrogens with two attached hydrogens (primary N) is 1. The molecule has 0 bridgehead atoms. The minimum absolute atomic E-state index is 0.272. The highest BCUT2D eigenvalue weighted by molar-refractivity contribution is 4.67. The zero-order valence-electron chi connectivity index (χ0n) is 7.15. The summed E-state index contributed by atoms with van der Waals surface area (Å²) in [5, 5.41) is 6.18. The van der Waals surface area contributed by atoms with Gasteiger partial charge in [-0.15, -0.1) is 0 Å². The van der Waals surface area contributed by atoms with Crippen molar-refractivity contribution in [3.63, 3.8) is 0 Å². The van der Waals surface area contributed by atoms with E-state index in [-0.39, 0.29) is 6.04 Å². The van der Waals surface area contributed by atoms with Gasteiger partial charge in [-0.25, -0.2) is 0 Å². The van der Waals surface area contributed by atoms with Gasteiger partial charge in [0.05, 0.1) is 0 Å². The molecule has 4 N–H and O–H groups in total. The van der Waals surface area contributed by atoms with Gasteiger partial charge >= 0.3 is 0 Å². The molecule has 0 aliphatic carbocycles. The van der Waals surface area contributed by atoms with Gasteiger partial charge in [-0.05, 0) is 13.0 Å². The first kappa shape index (κ1) is 9.88. The molecule has 0 heterocycles. The molecule has 0 saturated heterocycles. The van der Waals surface area contributed by atoms with Gasteiger partial charge in [0.1, 0.15) is 0 Å². The van der Waals surface area contributed by atoms with Gasteiger partial charge in [0.2, 0.25) is 0 Å². The highest BCUT2D eigenvalue weighted by atomic mass is 15.0. The van der Waals surface area contributed by atoms with Crippen LogP contribution in [0.15, 0.2) is 0 Å². The first-order valence-electron chi connectivity index (χ1n) is 3.79. The minimum atomic E-state index is 0.272. The Balaban J connectivity index is 3.13. The predicted octanol–water partition coefficient (Wildman–Crippen LogP) is -0.264. The summed E-state index contributed by atoms with van der Waals surface area (Å²) in [6.45, 7) is 5.98. The average molecular weight is 145 g/mol. The van der Waals surface area contributed by atoms with Crippen LogP contribution in [-0.2, 0) is 0 Å². The van der Waals surface area contributed by atoms with Crippen molar-refractivity contribution in [1.29, 1.82) is 0 Å². The third-order valence-electron chi connectivity index (χ3n) is 1.54. The van der Waals surface area contributed by atoms with Gasteiger partial charge in [0.15, 0.2) is 0 Å². The van der Waals surface area contributed by atoms with Crippen LogP contribution in [0.2, 0.25) is 0 Å². The Kier molecular flexibility index (Phi) is 5.58. The molecule has 0 radical (unpaired) electrons. The van der Waals surface area contributed by atoms with Crippen LogP contribution in [0.4, 0.5) is 0 Å².